The van der Waals surface area contributed by atoms with Gasteiger partial charge in [-0.25, -0.2) is 14.0 Å². The van der Waals surface area contributed by atoms with Gasteiger partial charge in [-0.1, -0.05) is 48.5 Å². The summed E-state index contributed by atoms with van der Waals surface area (Å²) < 4.78 is 18.4. The van der Waals surface area contributed by atoms with Crippen molar-refractivity contribution >= 4 is 35.6 Å². The average molecular weight is 512 g/mol. The number of carboxylic acid groups (broad SMARTS) is 1. The van der Waals surface area contributed by atoms with Gasteiger partial charge in [0, 0.05) is 22.3 Å². The summed E-state index contributed by atoms with van der Waals surface area (Å²) in [5.41, 5.74) is 4.47. The van der Waals surface area contributed by atoms with Crippen LogP contribution in [0.15, 0.2) is 77.7 Å². The highest BCUT2D eigenvalue weighted by Crippen LogP contribution is 2.44. The van der Waals surface area contributed by atoms with E-state index in [1.807, 2.05) is 36.4 Å². The molecule has 3 aromatic rings. The second-order valence-corrected chi connectivity index (χ2v) is 10.5. The number of hydrogen-bond donors (Lipinski definition) is 2. The first kappa shape index (κ1) is 25.1. The van der Waals surface area contributed by atoms with Crippen molar-refractivity contribution < 1.29 is 23.8 Å². The fraction of sp³-hybridized carbons (Fsp3) is 0.259. The normalized spacial score (nSPS) is 13.1. The molecule has 8 heteroatoms. The Bertz CT molecular complexity index is 1130. The lowest BCUT2D eigenvalue weighted by Crippen LogP contribution is -2.41. The smallest absolute Gasteiger partial charge is 0.407 e. The number of aliphatic carboxylic acids is 1. The zero-order chi connectivity index (χ0) is 24.6. The first-order valence-corrected chi connectivity index (χ1v) is 13.5. The van der Waals surface area contributed by atoms with Crippen molar-refractivity contribution in [2.24, 2.45) is 0 Å². The van der Waals surface area contributed by atoms with Crippen molar-refractivity contribution in [3.8, 4) is 11.1 Å². The van der Waals surface area contributed by atoms with Gasteiger partial charge >= 0.3 is 12.1 Å². The average Bonchev–Trinajstić information content (AvgIpc) is 3.19. The van der Waals surface area contributed by atoms with E-state index in [-0.39, 0.29) is 18.3 Å². The van der Waals surface area contributed by atoms with Crippen molar-refractivity contribution in [2.45, 2.75) is 23.3 Å². The predicted molar refractivity (Wildman–Crippen MR) is 139 cm³/mol. The molecule has 1 aliphatic rings. The number of thioether (sulfide) groups is 2. The number of benzene rings is 3. The SMILES string of the molecule is O=C(NC(CCSCCSc1ccc(F)cc1)C(=O)O)OCC1c2ccccc2-c2ccccc21. The second-order valence-electron chi connectivity index (χ2n) is 8.06. The number of hydrogen-bond acceptors (Lipinski definition) is 5. The van der Waals surface area contributed by atoms with Gasteiger partial charge in [-0.05, 0) is 58.7 Å². The molecule has 0 fully saturated rings. The number of alkyl carbamates (subject to hydrolysis) is 1. The van der Waals surface area contributed by atoms with Gasteiger partial charge in [0.25, 0.3) is 0 Å². The fourth-order valence-corrected chi connectivity index (χ4v) is 6.07. The number of fused-ring (bicyclic) bond motifs is 3. The number of carbonyl (C=O) groups is 2. The Balaban J connectivity index is 1.21. The van der Waals surface area contributed by atoms with Crippen LogP contribution >= 0.6 is 23.5 Å². The maximum absolute atomic E-state index is 13.0. The van der Waals surface area contributed by atoms with Gasteiger partial charge in [-0.3, -0.25) is 0 Å². The third-order valence-corrected chi connectivity index (χ3v) is 8.08. The van der Waals surface area contributed by atoms with E-state index in [0.29, 0.717) is 12.2 Å². The monoisotopic (exact) mass is 511 g/mol. The Morgan fingerprint density at radius 3 is 2.17 bits per heavy atom. The highest BCUT2D eigenvalue weighted by atomic mass is 32.2. The van der Waals surface area contributed by atoms with Crippen LogP contribution in [-0.4, -0.2) is 47.1 Å². The molecule has 1 aliphatic carbocycles. The van der Waals surface area contributed by atoms with Crippen LogP contribution in [0.3, 0.4) is 0 Å². The summed E-state index contributed by atoms with van der Waals surface area (Å²) in [6.07, 6.45) is -0.429. The standard InChI is InChI=1S/C27H26FNO4S2/c28-18-9-11-19(12-10-18)35-16-15-34-14-13-25(26(30)31)29-27(32)33-17-24-22-7-3-1-5-20(22)21-6-2-4-8-23(21)24/h1-12,24-25H,13-17H2,(H,29,32)(H,30,31). The summed E-state index contributed by atoms with van der Waals surface area (Å²) in [4.78, 5) is 25.1. The minimum atomic E-state index is -1.08. The molecule has 0 radical (unpaired) electrons. The van der Waals surface area contributed by atoms with Crippen LogP contribution in [-0.2, 0) is 9.53 Å². The molecule has 182 valence electrons. The van der Waals surface area contributed by atoms with E-state index in [1.165, 1.54) is 12.1 Å². The summed E-state index contributed by atoms with van der Waals surface area (Å²) in [7, 11) is 0. The van der Waals surface area contributed by atoms with Crippen molar-refractivity contribution in [3.05, 3.63) is 89.7 Å². The van der Waals surface area contributed by atoms with E-state index in [0.717, 1.165) is 38.7 Å². The highest BCUT2D eigenvalue weighted by molar-refractivity contribution is 8.02. The van der Waals surface area contributed by atoms with Gasteiger partial charge in [0.1, 0.15) is 18.5 Å². The Kier molecular flexibility index (Phi) is 8.71. The van der Waals surface area contributed by atoms with Gasteiger partial charge in [-0.15, -0.1) is 11.8 Å². The van der Waals surface area contributed by atoms with Gasteiger partial charge in [0.2, 0.25) is 0 Å². The van der Waals surface area contributed by atoms with Crippen LogP contribution in [0.1, 0.15) is 23.5 Å². The lowest BCUT2D eigenvalue weighted by atomic mass is 9.98. The Morgan fingerprint density at radius 1 is 0.914 bits per heavy atom. The van der Waals surface area contributed by atoms with E-state index >= 15 is 0 Å². The first-order valence-electron chi connectivity index (χ1n) is 11.3. The quantitative estimate of drug-likeness (QED) is 0.242. The van der Waals surface area contributed by atoms with Crippen molar-refractivity contribution in [2.75, 3.05) is 23.9 Å². The van der Waals surface area contributed by atoms with E-state index < -0.39 is 18.1 Å². The van der Waals surface area contributed by atoms with E-state index in [1.54, 1.807) is 35.7 Å². The molecule has 0 aliphatic heterocycles. The Labute approximate surface area is 212 Å². The molecule has 5 nitrogen and oxygen atoms in total. The number of ether oxygens (including phenoxy) is 1. The van der Waals surface area contributed by atoms with Gasteiger partial charge in [0.05, 0.1) is 0 Å². The third kappa shape index (κ3) is 6.58. The molecule has 35 heavy (non-hydrogen) atoms. The van der Waals surface area contributed by atoms with Crippen LogP contribution in [0, 0.1) is 5.82 Å². The fourth-order valence-electron chi connectivity index (χ4n) is 4.09. The summed E-state index contributed by atoms with van der Waals surface area (Å²) in [6, 6.07) is 21.4. The molecule has 1 unspecified atom stereocenters. The van der Waals surface area contributed by atoms with Crippen molar-refractivity contribution in [1.82, 2.24) is 5.32 Å². The van der Waals surface area contributed by atoms with Crippen LogP contribution in [0.2, 0.25) is 0 Å². The molecule has 0 aromatic heterocycles. The number of halogens is 1. The zero-order valence-electron chi connectivity index (χ0n) is 19.0. The summed E-state index contributed by atoms with van der Waals surface area (Å²) in [5.74, 6) is 0.815. The molecular weight excluding hydrogens is 485 g/mol. The second kappa shape index (κ2) is 12.1. The minimum absolute atomic E-state index is 0.0782. The van der Waals surface area contributed by atoms with Crippen molar-refractivity contribution in [1.29, 1.82) is 0 Å². The van der Waals surface area contributed by atoms with Crippen LogP contribution in [0.4, 0.5) is 9.18 Å². The largest absolute Gasteiger partial charge is 0.480 e. The molecule has 0 spiro atoms. The molecule has 1 amide bonds. The lowest BCUT2D eigenvalue weighted by Gasteiger charge is -2.17. The minimum Gasteiger partial charge on any atom is -0.480 e. The molecule has 2 N–H and O–H groups in total. The maximum Gasteiger partial charge on any atom is 0.407 e. The van der Waals surface area contributed by atoms with Gasteiger partial charge in [-0.2, -0.15) is 11.8 Å². The molecular formula is C27H26FNO4S2. The molecule has 0 heterocycles. The molecule has 1 atom stereocenters. The van der Waals surface area contributed by atoms with Crippen molar-refractivity contribution in [3.63, 3.8) is 0 Å². The Hall–Kier alpha value is -2.97. The molecule has 3 aromatic carbocycles. The molecule has 0 saturated heterocycles. The van der Waals surface area contributed by atoms with Gasteiger partial charge < -0.3 is 15.2 Å². The number of nitrogens with one attached hydrogen (secondary N) is 1. The summed E-state index contributed by atoms with van der Waals surface area (Å²) in [5, 5.41) is 12.0. The molecule has 4 rings (SSSR count). The van der Waals surface area contributed by atoms with Gasteiger partial charge in [0.15, 0.2) is 0 Å². The zero-order valence-corrected chi connectivity index (χ0v) is 20.6. The number of carbonyl (C=O) groups excluding carboxylic acids is 1. The highest BCUT2D eigenvalue weighted by Gasteiger charge is 2.29. The summed E-state index contributed by atoms with van der Waals surface area (Å²) >= 11 is 3.24. The number of rotatable bonds is 11. The van der Waals surface area contributed by atoms with E-state index in [9.17, 15) is 19.1 Å². The summed E-state index contributed by atoms with van der Waals surface area (Å²) in [6.45, 7) is 0.140. The predicted octanol–water partition coefficient (Wildman–Crippen LogP) is 6.03. The Morgan fingerprint density at radius 2 is 1.54 bits per heavy atom. The first-order chi connectivity index (χ1) is 17.0. The van der Waals surface area contributed by atoms with Crippen LogP contribution in [0.5, 0.6) is 0 Å². The maximum atomic E-state index is 13.0. The van der Waals surface area contributed by atoms with E-state index in [4.69, 9.17) is 4.74 Å². The molecule has 0 bridgehead atoms. The van der Waals surface area contributed by atoms with Crippen LogP contribution < -0.4 is 5.32 Å². The topological polar surface area (TPSA) is 75.6 Å². The lowest BCUT2D eigenvalue weighted by molar-refractivity contribution is -0.139. The third-order valence-electron chi connectivity index (χ3n) is 5.79. The number of carboxylic acids is 1. The number of amides is 1. The van der Waals surface area contributed by atoms with Crippen LogP contribution in [0.25, 0.3) is 11.1 Å². The molecule has 0 saturated carbocycles. The van der Waals surface area contributed by atoms with E-state index in [2.05, 4.69) is 17.4 Å².